The van der Waals surface area contributed by atoms with Crippen molar-refractivity contribution in [1.82, 2.24) is 0 Å². The zero-order valence-corrected chi connectivity index (χ0v) is 9.78. The minimum absolute atomic E-state index is 0.0183. The van der Waals surface area contributed by atoms with Crippen molar-refractivity contribution in [2.24, 2.45) is 0 Å². The van der Waals surface area contributed by atoms with Crippen LogP contribution in [0.25, 0.3) is 0 Å². The number of aliphatic hydroxyl groups is 3. The molecular formula is C12H15F3O3. The highest BCUT2D eigenvalue weighted by molar-refractivity contribution is 5.34. The summed E-state index contributed by atoms with van der Waals surface area (Å²) < 4.78 is 37.5. The molecule has 3 N–H and O–H groups in total. The van der Waals surface area contributed by atoms with Gasteiger partial charge < -0.3 is 15.3 Å². The van der Waals surface area contributed by atoms with E-state index < -0.39 is 23.9 Å². The van der Waals surface area contributed by atoms with Gasteiger partial charge in [0.05, 0.1) is 11.7 Å². The van der Waals surface area contributed by atoms with Crippen LogP contribution in [0.5, 0.6) is 0 Å². The van der Waals surface area contributed by atoms with Crippen molar-refractivity contribution in [2.45, 2.75) is 31.7 Å². The molecule has 3 nitrogen and oxygen atoms in total. The van der Waals surface area contributed by atoms with Crippen LogP contribution in [0.1, 0.15) is 29.2 Å². The van der Waals surface area contributed by atoms with Gasteiger partial charge in [0, 0.05) is 6.61 Å². The van der Waals surface area contributed by atoms with E-state index >= 15 is 0 Å². The predicted molar refractivity (Wildman–Crippen MR) is 58.9 cm³/mol. The number of hydrogen-bond acceptors (Lipinski definition) is 3. The fourth-order valence-corrected chi connectivity index (χ4v) is 1.70. The zero-order chi connectivity index (χ0) is 13.9. The van der Waals surface area contributed by atoms with Crippen LogP contribution in [0.4, 0.5) is 13.2 Å². The third-order valence-corrected chi connectivity index (χ3v) is 2.69. The van der Waals surface area contributed by atoms with Crippen LogP contribution in [0.2, 0.25) is 0 Å². The molecule has 1 rings (SSSR count). The number of aryl methyl sites for hydroxylation is 1. The standard InChI is InChI=1S/C12H15F3O3/c1-7-6-8(11(18)10(17)4-5-16)2-3-9(7)12(13,14)15/h2-3,6,10-11,16-18H,4-5H2,1H3. The topological polar surface area (TPSA) is 60.7 Å². The molecule has 0 bridgehead atoms. The summed E-state index contributed by atoms with van der Waals surface area (Å²) in [6, 6.07) is 3.19. The van der Waals surface area contributed by atoms with Crippen molar-refractivity contribution < 1.29 is 28.5 Å². The number of benzene rings is 1. The monoisotopic (exact) mass is 264 g/mol. The first-order chi connectivity index (χ1) is 8.27. The minimum atomic E-state index is -4.43. The fraction of sp³-hybridized carbons (Fsp3) is 0.500. The van der Waals surface area contributed by atoms with Crippen LogP contribution in [-0.4, -0.2) is 28.0 Å². The highest BCUT2D eigenvalue weighted by Gasteiger charge is 2.32. The molecule has 0 saturated carbocycles. The van der Waals surface area contributed by atoms with Gasteiger partial charge in [0.15, 0.2) is 0 Å². The predicted octanol–water partition coefficient (Wildman–Crippen LogP) is 1.79. The molecule has 18 heavy (non-hydrogen) atoms. The van der Waals surface area contributed by atoms with E-state index in [0.717, 1.165) is 12.1 Å². The molecule has 0 spiro atoms. The summed E-state index contributed by atoms with van der Waals surface area (Å²) in [6.45, 7) is 0.981. The third-order valence-electron chi connectivity index (χ3n) is 2.69. The van der Waals surface area contributed by atoms with Crippen LogP contribution < -0.4 is 0 Å². The van der Waals surface area contributed by atoms with Crippen LogP contribution in [0, 0.1) is 6.92 Å². The maximum Gasteiger partial charge on any atom is 0.416 e. The molecule has 1 aromatic rings. The second-order valence-corrected chi connectivity index (χ2v) is 4.10. The highest BCUT2D eigenvalue weighted by Crippen LogP contribution is 2.33. The van der Waals surface area contributed by atoms with Crippen LogP contribution in [0.3, 0.4) is 0 Å². The summed E-state index contributed by atoms with van der Waals surface area (Å²) in [7, 11) is 0. The summed E-state index contributed by atoms with van der Waals surface area (Å²) in [5.41, 5.74) is -0.591. The highest BCUT2D eigenvalue weighted by atomic mass is 19.4. The van der Waals surface area contributed by atoms with Crippen molar-refractivity contribution in [3.63, 3.8) is 0 Å². The fourth-order valence-electron chi connectivity index (χ4n) is 1.70. The number of halogens is 3. The summed E-state index contributed by atoms with van der Waals surface area (Å²) in [5, 5.41) is 27.8. The Morgan fingerprint density at radius 3 is 2.28 bits per heavy atom. The molecule has 6 heteroatoms. The molecule has 2 atom stereocenters. The molecular weight excluding hydrogens is 249 g/mol. The quantitative estimate of drug-likeness (QED) is 0.777. The number of rotatable bonds is 4. The molecule has 1 aromatic carbocycles. The molecule has 0 saturated heterocycles. The Morgan fingerprint density at radius 1 is 1.22 bits per heavy atom. The first kappa shape index (κ1) is 14.9. The van der Waals surface area contributed by atoms with Crippen LogP contribution in [0.15, 0.2) is 18.2 Å². The summed E-state index contributed by atoms with van der Waals surface area (Å²) in [4.78, 5) is 0. The number of alkyl halides is 3. The van der Waals surface area contributed by atoms with Gasteiger partial charge in [0.1, 0.15) is 6.10 Å². The normalized spacial score (nSPS) is 15.5. The van der Waals surface area contributed by atoms with Crippen molar-refractivity contribution in [2.75, 3.05) is 6.61 Å². The molecule has 0 aromatic heterocycles. The Kier molecular flexibility index (Phi) is 4.72. The maximum atomic E-state index is 12.5. The Hall–Kier alpha value is -1.11. The van der Waals surface area contributed by atoms with Gasteiger partial charge in [-0.05, 0) is 30.5 Å². The second-order valence-electron chi connectivity index (χ2n) is 4.10. The van der Waals surface area contributed by atoms with E-state index in [-0.39, 0.29) is 24.2 Å². The number of hydrogen-bond donors (Lipinski definition) is 3. The van der Waals surface area contributed by atoms with E-state index in [1.54, 1.807) is 0 Å². The summed E-state index contributed by atoms with van der Waals surface area (Å²) in [5.74, 6) is 0. The van der Waals surface area contributed by atoms with Gasteiger partial charge in [-0.25, -0.2) is 0 Å². The zero-order valence-electron chi connectivity index (χ0n) is 9.78. The third kappa shape index (κ3) is 3.44. The molecule has 0 radical (unpaired) electrons. The SMILES string of the molecule is Cc1cc(C(O)C(O)CCO)ccc1C(F)(F)F. The lowest BCUT2D eigenvalue weighted by atomic mass is 9.97. The van der Waals surface area contributed by atoms with Crippen LogP contribution in [-0.2, 0) is 6.18 Å². The average Bonchev–Trinajstić information content (AvgIpc) is 2.26. The molecule has 2 unspecified atom stereocenters. The van der Waals surface area contributed by atoms with E-state index in [9.17, 15) is 23.4 Å². The molecule has 0 heterocycles. The average molecular weight is 264 g/mol. The lowest BCUT2D eigenvalue weighted by molar-refractivity contribution is -0.138. The lowest BCUT2D eigenvalue weighted by Crippen LogP contribution is -2.20. The lowest BCUT2D eigenvalue weighted by Gasteiger charge is -2.19. The van der Waals surface area contributed by atoms with Gasteiger partial charge in [-0.2, -0.15) is 13.2 Å². The smallest absolute Gasteiger partial charge is 0.396 e. The molecule has 0 amide bonds. The van der Waals surface area contributed by atoms with E-state index in [4.69, 9.17) is 5.11 Å². The Labute approximate surface area is 103 Å². The molecule has 0 aliphatic rings. The Balaban J connectivity index is 2.97. The van der Waals surface area contributed by atoms with Gasteiger partial charge in [-0.1, -0.05) is 12.1 Å². The molecule has 0 aliphatic heterocycles. The maximum absolute atomic E-state index is 12.5. The molecule has 0 aliphatic carbocycles. The molecule has 102 valence electrons. The van der Waals surface area contributed by atoms with Crippen molar-refractivity contribution in [1.29, 1.82) is 0 Å². The van der Waals surface area contributed by atoms with E-state index in [2.05, 4.69) is 0 Å². The Morgan fingerprint density at radius 2 is 1.83 bits per heavy atom. The molecule has 0 fully saturated rings. The summed E-state index contributed by atoms with van der Waals surface area (Å²) >= 11 is 0. The van der Waals surface area contributed by atoms with E-state index in [0.29, 0.717) is 0 Å². The summed E-state index contributed by atoms with van der Waals surface area (Å²) in [6.07, 6.45) is -6.98. The minimum Gasteiger partial charge on any atom is -0.396 e. The van der Waals surface area contributed by atoms with Gasteiger partial charge >= 0.3 is 6.18 Å². The first-order valence-corrected chi connectivity index (χ1v) is 5.42. The first-order valence-electron chi connectivity index (χ1n) is 5.42. The van der Waals surface area contributed by atoms with Gasteiger partial charge in [0.25, 0.3) is 0 Å². The van der Waals surface area contributed by atoms with E-state index in [1.165, 1.54) is 13.0 Å². The van der Waals surface area contributed by atoms with Gasteiger partial charge in [-0.15, -0.1) is 0 Å². The number of aliphatic hydroxyl groups excluding tert-OH is 3. The van der Waals surface area contributed by atoms with Crippen molar-refractivity contribution >= 4 is 0 Å². The van der Waals surface area contributed by atoms with E-state index in [1.807, 2.05) is 0 Å². The van der Waals surface area contributed by atoms with Crippen LogP contribution >= 0.6 is 0 Å². The van der Waals surface area contributed by atoms with Gasteiger partial charge in [0.2, 0.25) is 0 Å². The Bertz CT molecular complexity index is 404. The van der Waals surface area contributed by atoms with Gasteiger partial charge in [-0.3, -0.25) is 0 Å². The largest absolute Gasteiger partial charge is 0.416 e. The van der Waals surface area contributed by atoms with Crippen molar-refractivity contribution in [3.05, 3.63) is 34.9 Å². The second kappa shape index (κ2) is 5.69. The van der Waals surface area contributed by atoms with Crippen molar-refractivity contribution in [3.8, 4) is 0 Å².